The van der Waals surface area contributed by atoms with Crippen molar-refractivity contribution in [2.45, 2.75) is 58.2 Å². The van der Waals surface area contributed by atoms with E-state index in [0.29, 0.717) is 25.9 Å². The molecule has 1 unspecified atom stereocenters. The molecule has 1 amide bonds. The standard InChI is InChI=1S/C12H23F3N2O/c1-3-8-17-11(18)6-9-16-10(2)5-4-7-12(13,14)15/h10,16H,3-9H2,1-2H3,(H,17,18). The smallest absolute Gasteiger partial charge is 0.356 e. The molecule has 0 aliphatic rings. The summed E-state index contributed by atoms with van der Waals surface area (Å²) in [4.78, 5) is 11.2. The summed E-state index contributed by atoms with van der Waals surface area (Å²) in [6, 6.07) is 0.00586. The van der Waals surface area contributed by atoms with Gasteiger partial charge in [-0.05, 0) is 26.2 Å². The summed E-state index contributed by atoms with van der Waals surface area (Å²) in [5.74, 6) is -0.0214. The summed E-state index contributed by atoms with van der Waals surface area (Å²) < 4.78 is 35.7. The Labute approximate surface area is 107 Å². The molecule has 0 saturated carbocycles. The number of halogens is 3. The van der Waals surface area contributed by atoms with Crippen molar-refractivity contribution in [1.82, 2.24) is 10.6 Å². The second kappa shape index (κ2) is 9.19. The van der Waals surface area contributed by atoms with Crippen LogP contribution in [0.1, 0.15) is 46.0 Å². The van der Waals surface area contributed by atoms with Crippen LogP contribution in [0.15, 0.2) is 0 Å². The first-order chi connectivity index (χ1) is 8.35. The van der Waals surface area contributed by atoms with Crippen LogP contribution in [0.3, 0.4) is 0 Å². The predicted octanol–water partition coefficient (Wildman–Crippen LogP) is 2.61. The number of nitrogens with one attached hydrogen (secondary N) is 2. The number of hydrogen-bond donors (Lipinski definition) is 2. The van der Waals surface area contributed by atoms with Gasteiger partial charge in [-0.15, -0.1) is 0 Å². The van der Waals surface area contributed by atoms with E-state index in [1.807, 2.05) is 13.8 Å². The molecule has 2 N–H and O–H groups in total. The quantitative estimate of drug-likeness (QED) is 0.675. The van der Waals surface area contributed by atoms with E-state index in [0.717, 1.165) is 6.42 Å². The van der Waals surface area contributed by atoms with Crippen LogP contribution in [0.4, 0.5) is 13.2 Å². The van der Waals surface area contributed by atoms with Crippen LogP contribution in [0.2, 0.25) is 0 Å². The Kier molecular flexibility index (Phi) is 8.79. The van der Waals surface area contributed by atoms with Crippen molar-refractivity contribution >= 4 is 5.91 Å². The second-order valence-corrected chi connectivity index (χ2v) is 4.46. The van der Waals surface area contributed by atoms with Gasteiger partial charge in [-0.1, -0.05) is 6.92 Å². The van der Waals surface area contributed by atoms with Gasteiger partial charge in [0, 0.05) is 32.0 Å². The van der Waals surface area contributed by atoms with Crippen molar-refractivity contribution in [2.75, 3.05) is 13.1 Å². The number of alkyl halides is 3. The Morgan fingerprint density at radius 3 is 2.50 bits per heavy atom. The number of hydrogen-bond acceptors (Lipinski definition) is 2. The maximum atomic E-state index is 11.9. The maximum absolute atomic E-state index is 11.9. The molecule has 0 bridgehead atoms. The Morgan fingerprint density at radius 1 is 1.28 bits per heavy atom. The third-order valence-corrected chi connectivity index (χ3v) is 2.51. The van der Waals surface area contributed by atoms with Gasteiger partial charge in [0.2, 0.25) is 5.91 Å². The summed E-state index contributed by atoms with van der Waals surface area (Å²) in [6.07, 6.45) is -2.96. The van der Waals surface area contributed by atoms with Crippen molar-refractivity contribution in [3.05, 3.63) is 0 Å². The molecule has 18 heavy (non-hydrogen) atoms. The lowest BCUT2D eigenvalue weighted by Crippen LogP contribution is -2.32. The lowest BCUT2D eigenvalue weighted by molar-refractivity contribution is -0.135. The number of carbonyl (C=O) groups excluding carboxylic acids is 1. The number of amides is 1. The van der Waals surface area contributed by atoms with Crippen LogP contribution in [-0.4, -0.2) is 31.2 Å². The molecular formula is C12H23F3N2O. The van der Waals surface area contributed by atoms with Crippen LogP contribution >= 0.6 is 0 Å². The normalized spacial score (nSPS) is 13.4. The van der Waals surface area contributed by atoms with E-state index in [9.17, 15) is 18.0 Å². The van der Waals surface area contributed by atoms with Crippen molar-refractivity contribution < 1.29 is 18.0 Å². The number of carbonyl (C=O) groups is 1. The third kappa shape index (κ3) is 11.7. The minimum Gasteiger partial charge on any atom is -0.356 e. The summed E-state index contributed by atoms with van der Waals surface area (Å²) in [5.41, 5.74) is 0. The first-order valence-corrected chi connectivity index (χ1v) is 6.42. The molecule has 0 aromatic carbocycles. The van der Waals surface area contributed by atoms with Crippen LogP contribution in [0, 0.1) is 0 Å². The minimum atomic E-state index is -4.07. The molecule has 0 spiro atoms. The monoisotopic (exact) mass is 268 g/mol. The van der Waals surface area contributed by atoms with Crippen LogP contribution < -0.4 is 10.6 Å². The Bertz CT molecular complexity index is 232. The van der Waals surface area contributed by atoms with E-state index in [-0.39, 0.29) is 18.4 Å². The van der Waals surface area contributed by atoms with Gasteiger partial charge in [0.15, 0.2) is 0 Å². The summed E-state index contributed by atoms with van der Waals surface area (Å²) >= 11 is 0. The zero-order chi connectivity index (χ0) is 14.0. The molecule has 0 saturated heterocycles. The van der Waals surface area contributed by atoms with E-state index in [1.54, 1.807) is 0 Å². The zero-order valence-corrected chi connectivity index (χ0v) is 11.1. The van der Waals surface area contributed by atoms with Crippen molar-refractivity contribution in [3.63, 3.8) is 0 Å². The average Bonchev–Trinajstić information content (AvgIpc) is 2.24. The fourth-order valence-electron chi connectivity index (χ4n) is 1.50. The molecule has 1 atom stereocenters. The van der Waals surface area contributed by atoms with Crippen LogP contribution in [0.25, 0.3) is 0 Å². The third-order valence-electron chi connectivity index (χ3n) is 2.51. The molecule has 108 valence electrons. The van der Waals surface area contributed by atoms with Gasteiger partial charge in [-0.25, -0.2) is 0 Å². The molecule has 0 aromatic rings. The number of rotatable bonds is 9. The molecule has 0 aliphatic carbocycles. The van der Waals surface area contributed by atoms with Crippen LogP contribution in [0.5, 0.6) is 0 Å². The van der Waals surface area contributed by atoms with Gasteiger partial charge in [0.1, 0.15) is 0 Å². The first kappa shape index (κ1) is 17.2. The Hall–Kier alpha value is -0.780. The van der Waals surface area contributed by atoms with Crippen LogP contribution in [-0.2, 0) is 4.79 Å². The van der Waals surface area contributed by atoms with E-state index >= 15 is 0 Å². The summed E-state index contributed by atoms with van der Waals surface area (Å²) in [6.45, 7) is 4.98. The molecule has 0 rings (SSSR count). The summed E-state index contributed by atoms with van der Waals surface area (Å²) in [7, 11) is 0. The van der Waals surface area contributed by atoms with Gasteiger partial charge >= 0.3 is 6.18 Å². The highest BCUT2D eigenvalue weighted by molar-refractivity contribution is 5.75. The molecule has 0 heterocycles. The molecule has 0 fully saturated rings. The Morgan fingerprint density at radius 2 is 1.94 bits per heavy atom. The highest BCUT2D eigenvalue weighted by Crippen LogP contribution is 2.22. The van der Waals surface area contributed by atoms with E-state index < -0.39 is 12.6 Å². The average molecular weight is 268 g/mol. The van der Waals surface area contributed by atoms with Gasteiger partial charge in [-0.3, -0.25) is 4.79 Å². The first-order valence-electron chi connectivity index (χ1n) is 6.42. The SMILES string of the molecule is CCCNC(=O)CCNC(C)CCCC(F)(F)F. The maximum Gasteiger partial charge on any atom is 0.389 e. The molecule has 0 aromatic heterocycles. The predicted molar refractivity (Wildman–Crippen MR) is 65.3 cm³/mol. The molecule has 6 heteroatoms. The fraction of sp³-hybridized carbons (Fsp3) is 0.917. The molecule has 3 nitrogen and oxygen atoms in total. The van der Waals surface area contributed by atoms with Crippen molar-refractivity contribution in [1.29, 1.82) is 0 Å². The van der Waals surface area contributed by atoms with Crippen molar-refractivity contribution in [2.24, 2.45) is 0 Å². The second-order valence-electron chi connectivity index (χ2n) is 4.46. The molecule has 0 radical (unpaired) electrons. The largest absolute Gasteiger partial charge is 0.389 e. The van der Waals surface area contributed by atoms with E-state index in [4.69, 9.17) is 0 Å². The zero-order valence-electron chi connectivity index (χ0n) is 11.1. The Balaban J connectivity index is 3.47. The molecular weight excluding hydrogens is 245 g/mol. The van der Waals surface area contributed by atoms with Gasteiger partial charge in [0.05, 0.1) is 0 Å². The van der Waals surface area contributed by atoms with Gasteiger partial charge < -0.3 is 10.6 Å². The topological polar surface area (TPSA) is 41.1 Å². The minimum absolute atomic E-state index is 0.00586. The highest BCUT2D eigenvalue weighted by Gasteiger charge is 2.26. The van der Waals surface area contributed by atoms with Gasteiger partial charge in [-0.2, -0.15) is 13.2 Å². The summed E-state index contributed by atoms with van der Waals surface area (Å²) in [5, 5.41) is 5.79. The highest BCUT2D eigenvalue weighted by atomic mass is 19.4. The van der Waals surface area contributed by atoms with E-state index in [2.05, 4.69) is 10.6 Å². The molecule has 0 aliphatic heterocycles. The fourth-order valence-corrected chi connectivity index (χ4v) is 1.50. The lowest BCUT2D eigenvalue weighted by atomic mass is 10.1. The lowest BCUT2D eigenvalue weighted by Gasteiger charge is -2.14. The van der Waals surface area contributed by atoms with E-state index in [1.165, 1.54) is 0 Å². The van der Waals surface area contributed by atoms with Gasteiger partial charge in [0.25, 0.3) is 0 Å². The van der Waals surface area contributed by atoms with Crippen molar-refractivity contribution in [3.8, 4) is 0 Å².